The van der Waals surface area contributed by atoms with Gasteiger partial charge in [-0.15, -0.1) is 0 Å². The van der Waals surface area contributed by atoms with Gasteiger partial charge >= 0.3 is 15.8 Å². The molecule has 0 aliphatic heterocycles. The molecular formula is C19H16N2O7S. The van der Waals surface area contributed by atoms with Gasteiger partial charge in [0.25, 0.3) is 0 Å². The first-order valence-corrected chi connectivity index (χ1v) is 9.69. The van der Waals surface area contributed by atoms with E-state index in [1.165, 1.54) is 44.4 Å². The molecule has 1 aromatic heterocycles. The van der Waals surface area contributed by atoms with Gasteiger partial charge in [-0.25, -0.2) is 0 Å². The fourth-order valence-corrected chi connectivity index (χ4v) is 3.46. The predicted molar refractivity (Wildman–Crippen MR) is 104 cm³/mol. The van der Waals surface area contributed by atoms with Crippen molar-refractivity contribution >= 4 is 28.0 Å². The lowest BCUT2D eigenvalue weighted by Gasteiger charge is -2.11. The minimum atomic E-state index is -4.02. The minimum Gasteiger partial charge on any atom is -0.493 e. The standard InChI is InChI=1S/C19H16N2O7S/c1-13-19(21(22)23)17(27-20-13)11-9-14-8-10-16(18(12-14)26-2)28-29(24,25)15-6-4-3-5-7-15/h3-12H,1-2H3. The third-order valence-corrected chi connectivity index (χ3v) is 5.13. The van der Waals surface area contributed by atoms with Crippen molar-refractivity contribution in [3.63, 3.8) is 0 Å². The molecule has 0 spiro atoms. The van der Waals surface area contributed by atoms with E-state index in [1.54, 1.807) is 30.3 Å². The molecule has 0 N–H and O–H groups in total. The summed E-state index contributed by atoms with van der Waals surface area (Å²) in [6, 6.07) is 12.2. The zero-order valence-electron chi connectivity index (χ0n) is 15.4. The van der Waals surface area contributed by atoms with Crippen LogP contribution in [-0.4, -0.2) is 25.6 Å². The molecule has 0 radical (unpaired) electrons. The van der Waals surface area contributed by atoms with Crippen LogP contribution in [0.3, 0.4) is 0 Å². The molecule has 0 bridgehead atoms. The summed E-state index contributed by atoms with van der Waals surface area (Å²) in [4.78, 5) is 10.5. The number of ether oxygens (including phenoxy) is 1. The van der Waals surface area contributed by atoms with Crippen molar-refractivity contribution < 1.29 is 26.8 Å². The van der Waals surface area contributed by atoms with Gasteiger partial charge in [0.15, 0.2) is 17.2 Å². The van der Waals surface area contributed by atoms with Gasteiger partial charge < -0.3 is 13.4 Å². The van der Waals surface area contributed by atoms with Crippen LogP contribution in [0.15, 0.2) is 57.9 Å². The van der Waals surface area contributed by atoms with Crippen molar-refractivity contribution in [3.05, 3.63) is 75.7 Å². The summed E-state index contributed by atoms with van der Waals surface area (Å²) < 4.78 is 40.2. The number of hydrogen-bond acceptors (Lipinski definition) is 8. The van der Waals surface area contributed by atoms with E-state index < -0.39 is 15.0 Å². The second-order valence-corrected chi connectivity index (χ2v) is 7.38. The molecular weight excluding hydrogens is 400 g/mol. The maximum Gasteiger partial charge on any atom is 0.339 e. The van der Waals surface area contributed by atoms with Crippen molar-refractivity contribution in [1.82, 2.24) is 5.16 Å². The lowest BCUT2D eigenvalue weighted by Crippen LogP contribution is -2.10. The molecule has 0 aliphatic carbocycles. The zero-order chi connectivity index (χ0) is 21.0. The Morgan fingerprint density at radius 1 is 1.10 bits per heavy atom. The molecule has 3 rings (SSSR count). The van der Waals surface area contributed by atoms with E-state index >= 15 is 0 Å². The molecule has 1 heterocycles. The van der Waals surface area contributed by atoms with Crippen molar-refractivity contribution in [2.45, 2.75) is 11.8 Å². The summed E-state index contributed by atoms with van der Waals surface area (Å²) in [6.07, 6.45) is 2.94. The molecule has 0 unspecified atom stereocenters. The molecule has 3 aromatic rings. The highest BCUT2D eigenvalue weighted by atomic mass is 32.2. The van der Waals surface area contributed by atoms with Gasteiger partial charge in [-0.3, -0.25) is 10.1 Å². The van der Waals surface area contributed by atoms with Crippen LogP contribution in [0.1, 0.15) is 17.0 Å². The number of aryl methyl sites for hydroxylation is 1. The Kier molecular flexibility index (Phi) is 5.64. The third kappa shape index (κ3) is 4.43. The number of aromatic nitrogens is 1. The first kappa shape index (κ1) is 20.1. The molecule has 9 nitrogen and oxygen atoms in total. The smallest absolute Gasteiger partial charge is 0.339 e. The number of benzene rings is 2. The molecule has 150 valence electrons. The van der Waals surface area contributed by atoms with E-state index in [-0.39, 0.29) is 33.5 Å². The third-order valence-electron chi connectivity index (χ3n) is 3.89. The van der Waals surface area contributed by atoms with E-state index in [1.807, 2.05) is 0 Å². The summed E-state index contributed by atoms with van der Waals surface area (Å²) >= 11 is 0. The number of hydrogen-bond donors (Lipinski definition) is 0. The molecule has 0 amide bonds. The van der Waals surface area contributed by atoms with Crippen LogP contribution < -0.4 is 8.92 Å². The number of nitro groups is 1. The molecule has 0 aliphatic rings. The predicted octanol–water partition coefficient (Wildman–Crippen LogP) is 3.84. The van der Waals surface area contributed by atoms with Crippen LogP contribution >= 0.6 is 0 Å². The van der Waals surface area contributed by atoms with E-state index in [9.17, 15) is 18.5 Å². The van der Waals surface area contributed by atoms with E-state index in [2.05, 4.69) is 5.16 Å². The largest absolute Gasteiger partial charge is 0.493 e. The Morgan fingerprint density at radius 3 is 2.48 bits per heavy atom. The Balaban J connectivity index is 1.87. The van der Waals surface area contributed by atoms with E-state index in [4.69, 9.17) is 13.4 Å². The van der Waals surface area contributed by atoms with Crippen molar-refractivity contribution in [2.24, 2.45) is 0 Å². The summed E-state index contributed by atoms with van der Waals surface area (Å²) in [5.41, 5.74) is 0.527. The van der Waals surface area contributed by atoms with Crippen LogP contribution in [0.2, 0.25) is 0 Å². The average molecular weight is 416 g/mol. The first-order valence-electron chi connectivity index (χ1n) is 8.28. The van der Waals surface area contributed by atoms with Crippen LogP contribution in [0.25, 0.3) is 12.2 Å². The molecule has 29 heavy (non-hydrogen) atoms. The fraction of sp³-hybridized carbons (Fsp3) is 0.105. The van der Waals surface area contributed by atoms with Crippen LogP contribution in [0.4, 0.5) is 5.69 Å². The lowest BCUT2D eigenvalue weighted by molar-refractivity contribution is -0.386. The molecule has 0 saturated carbocycles. The Morgan fingerprint density at radius 2 is 1.83 bits per heavy atom. The number of rotatable bonds is 7. The summed E-state index contributed by atoms with van der Waals surface area (Å²) in [5.74, 6) is 0.184. The SMILES string of the molecule is COc1cc(C=Cc2onc(C)c2[N+](=O)[O-])ccc1OS(=O)(=O)c1ccccc1. The molecule has 10 heteroatoms. The van der Waals surface area contributed by atoms with Crippen molar-refractivity contribution in [1.29, 1.82) is 0 Å². The highest BCUT2D eigenvalue weighted by Gasteiger charge is 2.22. The van der Waals surface area contributed by atoms with Gasteiger partial charge in [0, 0.05) is 0 Å². The Bertz CT molecular complexity index is 1170. The highest BCUT2D eigenvalue weighted by Crippen LogP contribution is 2.32. The topological polar surface area (TPSA) is 122 Å². The molecule has 2 aromatic carbocycles. The van der Waals surface area contributed by atoms with Crippen molar-refractivity contribution in [3.8, 4) is 11.5 Å². The van der Waals surface area contributed by atoms with Crippen LogP contribution in [0.5, 0.6) is 11.5 Å². The average Bonchev–Trinajstić information content (AvgIpc) is 3.08. The second-order valence-electron chi connectivity index (χ2n) is 5.83. The Hall–Kier alpha value is -3.66. The second kappa shape index (κ2) is 8.15. The minimum absolute atomic E-state index is 0.00144. The Labute approximate surface area is 166 Å². The van der Waals surface area contributed by atoms with Gasteiger partial charge in [0.1, 0.15) is 4.90 Å². The maximum absolute atomic E-state index is 12.4. The van der Waals surface area contributed by atoms with Crippen LogP contribution in [0, 0.1) is 17.0 Å². The van der Waals surface area contributed by atoms with E-state index in [0.29, 0.717) is 5.56 Å². The van der Waals surface area contributed by atoms with Gasteiger partial charge in [-0.05, 0) is 42.8 Å². The fourth-order valence-electron chi connectivity index (χ4n) is 2.50. The zero-order valence-corrected chi connectivity index (χ0v) is 16.3. The monoisotopic (exact) mass is 416 g/mol. The summed E-state index contributed by atoms with van der Waals surface area (Å²) in [7, 11) is -2.65. The quantitative estimate of drug-likeness (QED) is 0.323. The summed E-state index contributed by atoms with van der Waals surface area (Å²) in [5, 5.41) is 14.7. The maximum atomic E-state index is 12.4. The lowest BCUT2D eigenvalue weighted by atomic mass is 10.1. The highest BCUT2D eigenvalue weighted by molar-refractivity contribution is 7.87. The molecule has 0 atom stereocenters. The number of methoxy groups -OCH3 is 1. The number of nitrogens with zero attached hydrogens (tertiary/aromatic N) is 2. The first-order chi connectivity index (χ1) is 13.8. The van der Waals surface area contributed by atoms with Crippen molar-refractivity contribution in [2.75, 3.05) is 7.11 Å². The van der Waals surface area contributed by atoms with Gasteiger partial charge in [-0.2, -0.15) is 8.42 Å². The van der Waals surface area contributed by atoms with E-state index in [0.717, 1.165) is 0 Å². The van der Waals surface area contributed by atoms with Crippen LogP contribution in [-0.2, 0) is 10.1 Å². The van der Waals surface area contributed by atoms with Gasteiger partial charge in [0.2, 0.25) is 5.76 Å². The normalized spacial score (nSPS) is 11.5. The summed E-state index contributed by atoms with van der Waals surface area (Å²) in [6.45, 7) is 1.47. The van der Waals surface area contributed by atoms with Gasteiger partial charge in [-0.1, -0.05) is 35.5 Å². The van der Waals surface area contributed by atoms with Gasteiger partial charge in [0.05, 0.1) is 12.0 Å². The molecule has 0 fully saturated rings. The molecule has 0 saturated heterocycles.